The van der Waals surface area contributed by atoms with Gasteiger partial charge in [0, 0.05) is 18.3 Å². The standard InChI is InChI=1S/C10H12FNO2/c1-7(10(13)14)4-9-5-8(6-11)2-3-12-9/h2-3,5,7H,4,6H2,1H3,(H,13,14). The van der Waals surface area contributed by atoms with Crippen LogP contribution >= 0.6 is 0 Å². The topological polar surface area (TPSA) is 50.2 Å². The Morgan fingerprint density at radius 3 is 3.00 bits per heavy atom. The Morgan fingerprint density at radius 1 is 1.71 bits per heavy atom. The van der Waals surface area contributed by atoms with Gasteiger partial charge in [-0.1, -0.05) is 6.92 Å². The number of hydrogen-bond acceptors (Lipinski definition) is 2. The monoisotopic (exact) mass is 197 g/mol. The fraction of sp³-hybridized carbons (Fsp3) is 0.400. The second-order valence-corrected chi connectivity index (χ2v) is 3.23. The van der Waals surface area contributed by atoms with E-state index >= 15 is 0 Å². The van der Waals surface area contributed by atoms with E-state index in [1.807, 2.05) is 0 Å². The van der Waals surface area contributed by atoms with Crippen molar-refractivity contribution in [1.82, 2.24) is 4.98 Å². The van der Waals surface area contributed by atoms with Gasteiger partial charge < -0.3 is 5.11 Å². The third kappa shape index (κ3) is 2.80. The van der Waals surface area contributed by atoms with Crippen molar-refractivity contribution in [1.29, 1.82) is 0 Å². The van der Waals surface area contributed by atoms with Gasteiger partial charge in [-0.3, -0.25) is 9.78 Å². The van der Waals surface area contributed by atoms with Gasteiger partial charge in [0.2, 0.25) is 0 Å². The molecule has 0 saturated carbocycles. The molecule has 1 N–H and O–H groups in total. The zero-order chi connectivity index (χ0) is 10.6. The molecule has 1 atom stereocenters. The highest BCUT2D eigenvalue weighted by Gasteiger charge is 2.12. The molecule has 1 aromatic rings. The Bertz CT molecular complexity index is 328. The van der Waals surface area contributed by atoms with Crippen molar-refractivity contribution in [3.63, 3.8) is 0 Å². The summed E-state index contributed by atoms with van der Waals surface area (Å²) < 4.78 is 12.3. The maximum Gasteiger partial charge on any atom is 0.306 e. The Balaban J connectivity index is 2.71. The summed E-state index contributed by atoms with van der Waals surface area (Å²) in [5, 5.41) is 8.67. The van der Waals surface area contributed by atoms with Crippen molar-refractivity contribution in [2.45, 2.75) is 20.0 Å². The van der Waals surface area contributed by atoms with Crippen LogP contribution in [0.1, 0.15) is 18.2 Å². The quantitative estimate of drug-likeness (QED) is 0.800. The van der Waals surface area contributed by atoms with Crippen molar-refractivity contribution in [3.05, 3.63) is 29.6 Å². The van der Waals surface area contributed by atoms with Gasteiger partial charge in [0.15, 0.2) is 0 Å². The summed E-state index contributed by atoms with van der Waals surface area (Å²) in [6, 6.07) is 3.17. The first kappa shape index (κ1) is 10.6. The van der Waals surface area contributed by atoms with E-state index in [0.717, 1.165) is 0 Å². The average molecular weight is 197 g/mol. The highest BCUT2D eigenvalue weighted by atomic mass is 19.1. The third-order valence-corrected chi connectivity index (χ3v) is 1.97. The van der Waals surface area contributed by atoms with E-state index in [0.29, 0.717) is 17.7 Å². The predicted octanol–water partition coefficient (Wildman–Crippen LogP) is 1.81. The van der Waals surface area contributed by atoms with Gasteiger partial charge in [0.25, 0.3) is 0 Å². The van der Waals surface area contributed by atoms with Crippen molar-refractivity contribution >= 4 is 5.97 Å². The number of carbonyl (C=O) groups is 1. The van der Waals surface area contributed by atoms with Crippen LogP contribution in [-0.2, 0) is 17.9 Å². The molecule has 1 heterocycles. The van der Waals surface area contributed by atoms with Gasteiger partial charge in [-0.15, -0.1) is 0 Å². The van der Waals surface area contributed by atoms with Crippen LogP contribution < -0.4 is 0 Å². The van der Waals surface area contributed by atoms with E-state index in [4.69, 9.17) is 5.11 Å². The molecule has 0 bridgehead atoms. The number of carboxylic acid groups (broad SMARTS) is 1. The maximum atomic E-state index is 12.3. The molecule has 3 nitrogen and oxygen atoms in total. The fourth-order valence-corrected chi connectivity index (χ4v) is 1.12. The second kappa shape index (κ2) is 4.69. The Labute approximate surface area is 81.6 Å². The lowest BCUT2D eigenvalue weighted by Gasteiger charge is -2.05. The third-order valence-electron chi connectivity index (χ3n) is 1.97. The van der Waals surface area contributed by atoms with Crippen LogP contribution in [0.15, 0.2) is 18.3 Å². The number of aliphatic carboxylic acids is 1. The summed E-state index contributed by atoms with van der Waals surface area (Å²) in [4.78, 5) is 14.5. The van der Waals surface area contributed by atoms with Crippen molar-refractivity contribution in [3.8, 4) is 0 Å². The molecule has 1 unspecified atom stereocenters. The summed E-state index contributed by atoms with van der Waals surface area (Å²) in [7, 11) is 0. The molecule has 0 aliphatic rings. The van der Waals surface area contributed by atoms with Crippen LogP contribution in [0, 0.1) is 5.92 Å². The Kier molecular flexibility index (Phi) is 3.56. The number of rotatable bonds is 4. The molecule has 0 saturated heterocycles. The van der Waals surface area contributed by atoms with Crippen LogP contribution in [0.25, 0.3) is 0 Å². The van der Waals surface area contributed by atoms with E-state index in [2.05, 4.69) is 4.98 Å². The van der Waals surface area contributed by atoms with Gasteiger partial charge in [-0.2, -0.15) is 0 Å². The fourth-order valence-electron chi connectivity index (χ4n) is 1.12. The lowest BCUT2D eigenvalue weighted by molar-refractivity contribution is -0.141. The van der Waals surface area contributed by atoms with Crippen molar-refractivity contribution in [2.24, 2.45) is 5.92 Å². The number of alkyl halides is 1. The summed E-state index contributed by atoms with van der Waals surface area (Å²) in [5.74, 6) is -1.35. The molecule has 4 heteroatoms. The van der Waals surface area contributed by atoms with E-state index in [1.54, 1.807) is 19.1 Å². The van der Waals surface area contributed by atoms with E-state index in [1.165, 1.54) is 6.20 Å². The van der Waals surface area contributed by atoms with Crippen molar-refractivity contribution in [2.75, 3.05) is 0 Å². The van der Waals surface area contributed by atoms with Crippen LogP contribution in [0.2, 0.25) is 0 Å². The number of nitrogens with zero attached hydrogens (tertiary/aromatic N) is 1. The first-order valence-electron chi connectivity index (χ1n) is 4.36. The summed E-state index contributed by atoms with van der Waals surface area (Å²) in [5.41, 5.74) is 1.16. The largest absolute Gasteiger partial charge is 0.481 e. The first-order valence-corrected chi connectivity index (χ1v) is 4.36. The van der Waals surface area contributed by atoms with E-state index in [-0.39, 0.29) is 0 Å². The first-order chi connectivity index (χ1) is 6.63. The van der Waals surface area contributed by atoms with E-state index < -0.39 is 18.6 Å². The maximum absolute atomic E-state index is 12.3. The minimum atomic E-state index is -0.863. The van der Waals surface area contributed by atoms with Crippen molar-refractivity contribution < 1.29 is 14.3 Å². The van der Waals surface area contributed by atoms with Crippen LogP contribution in [0.4, 0.5) is 4.39 Å². The molecule has 0 aliphatic carbocycles. The van der Waals surface area contributed by atoms with Gasteiger partial charge in [0.1, 0.15) is 6.67 Å². The number of pyridine rings is 1. The summed E-state index contributed by atoms with van der Waals surface area (Å²) in [6.07, 6.45) is 1.84. The second-order valence-electron chi connectivity index (χ2n) is 3.23. The van der Waals surface area contributed by atoms with Gasteiger partial charge in [0.05, 0.1) is 5.92 Å². The lowest BCUT2D eigenvalue weighted by atomic mass is 10.0. The molecular weight excluding hydrogens is 185 g/mol. The summed E-state index contributed by atoms with van der Waals surface area (Å²) in [6.45, 7) is 1.06. The molecular formula is C10H12FNO2. The highest BCUT2D eigenvalue weighted by Crippen LogP contribution is 2.09. The van der Waals surface area contributed by atoms with Gasteiger partial charge >= 0.3 is 5.97 Å². The smallest absolute Gasteiger partial charge is 0.306 e. The lowest BCUT2D eigenvalue weighted by Crippen LogP contribution is -2.13. The molecule has 0 fully saturated rings. The molecule has 76 valence electrons. The Morgan fingerprint density at radius 2 is 2.43 bits per heavy atom. The number of aromatic nitrogens is 1. The molecule has 1 aromatic heterocycles. The van der Waals surface area contributed by atoms with Crippen LogP contribution in [0.3, 0.4) is 0 Å². The average Bonchev–Trinajstić information content (AvgIpc) is 2.18. The molecule has 0 spiro atoms. The highest BCUT2D eigenvalue weighted by molar-refractivity contribution is 5.69. The zero-order valence-electron chi connectivity index (χ0n) is 7.90. The molecule has 0 amide bonds. The molecule has 1 rings (SSSR count). The van der Waals surface area contributed by atoms with Crippen LogP contribution in [0.5, 0.6) is 0 Å². The minimum absolute atomic E-state index is 0.336. The summed E-state index contributed by atoms with van der Waals surface area (Å²) >= 11 is 0. The van der Waals surface area contributed by atoms with Gasteiger partial charge in [-0.05, 0) is 17.7 Å². The minimum Gasteiger partial charge on any atom is -0.481 e. The number of halogens is 1. The van der Waals surface area contributed by atoms with E-state index in [9.17, 15) is 9.18 Å². The zero-order valence-corrected chi connectivity index (χ0v) is 7.90. The molecule has 14 heavy (non-hydrogen) atoms. The number of hydrogen-bond donors (Lipinski definition) is 1. The van der Waals surface area contributed by atoms with Gasteiger partial charge in [-0.25, -0.2) is 4.39 Å². The molecule has 0 aliphatic heterocycles. The predicted molar refractivity (Wildman–Crippen MR) is 49.6 cm³/mol. The molecule has 0 aromatic carbocycles. The number of carboxylic acids is 1. The molecule has 0 radical (unpaired) electrons. The Hall–Kier alpha value is -1.45. The normalized spacial score (nSPS) is 12.4. The van der Waals surface area contributed by atoms with Crippen LogP contribution in [-0.4, -0.2) is 16.1 Å². The SMILES string of the molecule is CC(Cc1cc(CF)ccn1)C(=O)O.